The molecule has 2 rings (SSSR count). The van der Waals surface area contributed by atoms with E-state index in [0.29, 0.717) is 10.8 Å². The lowest BCUT2D eigenvalue weighted by Crippen LogP contribution is -2.43. The van der Waals surface area contributed by atoms with Gasteiger partial charge >= 0.3 is 0 Å². The smallest absolute Gasteiger partial charge is 0.276 e. The lowest BCUT2D eigenvalue weighted by Gasteiger charge is -2.10. The van der Waals surface area contributed by atoms with Gasteiger partial charge in [-0.3, -0.25) is 20.4 Å². The van der Waals surface area contributed by atoms with Gasteiger partial charge < -0.3 is 4.74 Å². The van der Waals surface area contributed by atoms with Crippen LogP contribution in [0.4, 0.5) is 0 Å². The van der Waals surface area contributed by atoms with Gasteiger partial charge in [0.05, 0.1) is 10.6 Å². The number of hydrazine groups is 1. The molecule has 0 saturated heterocycles. The molecule has 0 aliphatic heterocycles. The van der Waals surface area contributed by atoms with E-state index in [1.165, 1.54) is 12.1 Å². The van der Waals surface area contributed by atoms with Crippen LogP contribution in [0.15, 0.2) is 42.5 Å². The highest BCUT2D eigenvalue weighted by molar-refractivity contribution is 6.35. The molecule has 2 N–H and O–H groups in total. The number of carbonyl (C=O) groups is 2. The molecule has 0 aliphatic rings. The van der Waals surface area contributed by atoms with Crippen LogP contribution < -0.4 is 15.6 Å². The van der Waals surface area contributed by atoms with Crippen LogP contribution in [0, 0.1) is 6.92 Å². The van der Waals surface area contributed by atoms with Gasteiger partial charge in [-0.25, -0.2) is 0 Å². The van der Waals surface area contributed by atoms with Crippen LogP contribution in [0.25, 0.3) is 0 Å². The Balaban J connectivity index is 1.83. The maximum Gasteiger partial charge on any atom is 0.276 e. The predicted octanol–water partition coefficient (Wildman–Crippen LogP) is 3.14. The number of hydrogen-bond donors (Lipinski definition) is 2. The van der Waals surface area contributed by atoms with Crippen LogP contribution in [0.5, 0.6) is 5.75 Å². The van der Waals surface area contributed by atoms with E-state index >= 15 is 0 Å². The average Bonchev–Trinajstić information content (AvgIpc) is 2.54. The Morgan fingerprint density at radius 3 is 2.43 bits per heavy atom. The zero-order valence-corrected chi connectivity index (χ0v) is 13.7. The van der Waals surface area contributed by atoms with Gasteiger partial charge in [0.25, 0.3) is 11.8 Å². The van der Waals surface area contributed by atoms with Crippen LogP contribution >= 0.6 is 23.2 Å². The molecule has 0 heterocycles. The van der Waals surface area contributed by atoms with E-state index in [2.05, 4.69) is 10.9 Å². The molecule has 0 saturated carbocycles. The molecule has 5 nitrogen and oxygen atoms in total. The lowest BCUT2D eigenvalue weighted by molar-refractivity contribution is -0.123. The van der Waals surface area contributed by atoms with Gasteiger partial charge in [0.1, 0.15) is 5.75 Å². The third kappa shape index (κ3) is 5.16. The molecule has 2 aromatic rings. The Kier molecular flexibility index (Phi) is 5.84. The summed E-state index contributed by atoms with van der Waals surface area (Å²) < 4.78 is 5.29. The predicted molar refractivity (Wildman–Crippen MR) is 88.7 cm³/mol. The van der Waals surface area contributed by atoms with Crippen molar-refractivity contribution in [2.75, 3.05) is 6.61 Å². The molecule has 23 heavy (non-hydrogen) atoms. The van der Waals surface area contributed by atoms with Gasteiger partial charge in [-0.2, -0.15) is 0 Å². The summed E-state index contributed by atoms with van der Waals surface area (Å²) in [4.78, 5) is 23.6. The second-order valence-electron chi connectivity index (χ2n) is 4.73. The largest absolute Gasteiger partial charge is 0.484 e. The van der Waals surface area contributed by atoms with Crippen molar-refractivity contribution < 1.29 is 14.3 Å². The van der Waals surface area contributed by atoms with Crippen LogP contribution in [0.1, 0.15) is 15.9 Å². The summed E-state index contributed by atoms with van der Waals surface area (Å²) in [7, 11) is 0. The van der Waals surface area contributed by atoms with Crippen molar-refractivity contribution in [3.63, 3.8) is 0 Å². The van der Waals surface area contributed by atoms with Gasteiger partial charge in [0, 0.05) is 5.02 Å². The third-order valence-electron chi connectivity index (χ3n) is 2.88. The molecule has 0 aromatic heterocycles. The molecule has 0 fully saturated rings. The Bertz CT molecular complexity index is 718. The van der Waals surface area contributed by atoms with Crippen LogP contribution in [-0.2, 0) is 4.79 Å². The number of halogens is 2. The molecule has 0 unspecified atom stereocenters. The SMILES string of the molecule is Cc1ccc(OCC(=O)NNC(=O)c2cc(Cl)ccc2Cl)cc1. The first-order chi connectivity index (χ1) is 11.0. The topological polar surface area (TPSA) is 67.4 Å². The lowest BCUT2D eigenvalue weighted by atomic mass is 10.2. The second kappa shape index (κ2) is 7.85. The number of amides is 2. The summed E-state index contributed by atoms with van der Waals surface area (Å²) in [6, 6.07) is 11.7. The minimum absolute atomic E-state index is 0.166. The van der Waals surface area contributed by atoms with E-state index in [0.717, 1.165) is 5.56 Å². The van der Waals surface area contributed by atoms with E-state index in [1.54, 1.807) is 18.2 Å². The average molecular weight is 353 g/mol. The van der Waals surface area contributed by atoms with Crippen molar-refractivity contribution >= 4 is 35.0 Å². The first kappa shape index (κ1) is 17.1. The van der Waals surface area contributed by atoms with Crippen LogP contribution in [0.2, 0.25) is 10.0 Å². The number of benzene rings is 2. The summed E-state index contributed by atoms with van der Waals surface area (Å²) in [5.74, 6) is -0.506. The quantitative estimate of drug-likeness (QED) is 0.830. The first-order valence-corrected chi connectivity index (χ1v) is 7.45. The first-order valence-electron chi connectivity index (χ1n) is 6.69. The monoisotopic (exact) mass is 352 g/mol. The van der Waals surface area contributed by atoms with Crippen molar-refractivity contribution in [3.05, 3.63) is 63.6 Å². The van der Waals surface area contributed by atoms with Gasteiger partial charge in [-0.05, 0) is 37.3 Å². The van der Waals surface area contributed by atoms with Gasteiger partial charge in [0.15, 0.2) is 6.61 Å². The number of hydrogen-bond acceptors (Lipinski definition) is 3. The van der Waals surface area contributed by atoms with Crippen molar-refractivity contribution in [1.29, 1.82) is 0 Å². The molecular weight excluding hydrogens is 339 g/mol. The molecule has 2 aromatic carbocycles. The summed E-state index contributed by atoms with van der Waals surface area (Å²) >= 11 is 11.7. The van der Waals surface area contributed by atoms with E-state index in [1.807, 2.05) is 19.1 Å². The van der Waals surface area contributed by atoms with Gasteiger partial charge in [-0.1, -0.05) is 40.9 Å². The summed E-state index contributed by atoms with van der Waals surface area (Å²) in [5, 5.41) is 0.602. The fourth-order valence-electron chi connectivity index (χ4n) is 1.68. The summed E-state index contributed by atoms with van der Waals surface area (Å²) in [5.41, 5.74) is 5.75. The highest BCUT2D eigenvalue weighted by Gasteiger charge is 2.12. The molecule has 0 bridgehead atoms. The van der Waals surface area contributed by atoms with Crippen molar-refractivity contribution in [2.45, 2.75) is 6.92 Å². The highest BCUT2D eigenvalue weighted by atomic mass is 35.5. The number of carbonyl (C=O) groups excluding carboxylic acids is 2. The zero-order chi connectivity index (χ0) is 16.8. The highest BCUT2D eigenvalue weighted by Crippen LogP contribution is 2.20. The fourth-order valence-corrected chi connectivity index (χ4v) is 2.06. The van der Waals surface area contributed by atoms with Crippen molar-refractivity contribution in [2.24, 2.45) is 0 Å². The van der Waals surface area contributed by atoms with Gasteiger partial charge in [0.2, 0.25) is 0 Å². The normalized spacial score (nSPS) is 10.0. The summed E-state index contributed by atoms with van der Waals surface area (Å²) in [6.07, 6.45) is 0. The van der Waals surface area contributed by atoms with E-state index in [9.17, 15) is 9.59 Å². The molecular formula is C16H14Cl2N2O3. The zero-order valence-electron chi connectivity index (χ0n) is 12.2. The molecule has 7 heteroatoms. The maximum absolute atomic E-state index is 11.9. The number of nitrogens with one attached hydrogen (secondary N) is 2. The standard InChI is InChI=1S/C16H14Cl2N2O3/c1-10-2-5-12(6-3-10)23-9-15(21)19-20-16(22)13-8-11(17)4-7-14(13)18/h2-8H,9H2,1H3,(H,19,21)(H,20,22). The maximum atomic E-state index is 11.9. The van der Waals surface area contributed by atoms with Crippen LogP contribution in [-0.4, -0.2) is 18.4 Å². The van der Waals surface area contributed by atoms with E-state index < -0.39 is 11.8 Å². The van der Waals surface area contributed by atoms with E-state index in [-0.39, 0.29) is 17.2 Å². The number of rotatable bonds is 4. The van der Waals surface area contributed by atoms with E-state index in [4.69, 9.17) is 27.9 Å². The third-order valence-corrected chi connectivity index (χ3v) is 3.44. The van der Waals surface area contributed by atoms with Crippen LogP contribution in [0.3, 0.4) is 0 Å². The minimum Gasteiger partial charge on any atom is -0.484 e. The van der Waals surface area contributed by atoms with Crippen molar-refractivity contribution in [1.82, 2.24) is 10.9 Å². The molecule has 0 radical (unpaired) electrons. The Morgan fingerprint density at radius 2 is 1.74 bits per heavy atom. The minimum atomic E-state index is -0.568. The Morgan fingerprint density at radius 1 is 1.04 bits per heavy atom. The van der Waals surface area contributed by atoms with Gasteiger partial charge in [-0.15, -0.1) is 0 Å². The fraction of sp³-hybridized carbons (Fsp3) is 0.125. The molecule has 0 spiro atoms. The number of ether oxygens (including phenoxy) is 1. The molecule has 0 atom stereocenters. The summed E-state index contributed by atoms with van der Waals surface area (Å²) in [6.45, 7) is 1.72. The molecule has 120 valence electrons. The number of aryl methyl sites for hydroxylation is 1. The Hall–Kier alpha value is -2.24. The molecule has 2 amide bonds. The molecule has 0 aliphatic carbocycles. The second-order valence-corrected chi connectivity index (χ2v) is 5.57. The van der Waals surface area contributed by atoms with Crippen molar-refractivity contribution in [3.8, 4) is 5.75 Å². The Labute approximate surface area is 143 Å².